The highest BCUT2D eigenvalue weighted by atomic mass is 16.5. The number of unbranched alkanes of at least 4 members (excludes halogenated alkanes) is 2. The Hall–Kier alpha value is -2.35. The highest BCUT2D eigenvalue weighted by Crippen LogP contribution is 2.11. The van der Waals surface area contributed by atoms with Crippen LogP contribution in [0.25, 0.3) is 0 Å². The summed E-state index contributed by atoms with van der Waals surface area (Å²) in [6.07, 6.45) is 2.79. The van der Waals surface area contributed by atoms with E-state index >= 15 is 0 Å². The molecule has 106 valence electrons. The molecule has 0 saturated carbocycles. The Bertz CT molecular complexity index is 489. The predicted octanol–water partition coefficient (Wildman–Crippen LogP) is 2.89. The summed E-state index contributed by atoms with van der Waals surface area (Å²) in [6.45, 7) is 2.51. The van der Waals surface area contributed by atoms with Gasteiger partial charge in [-0.05, 0) is 30.7 Å². The summed E-state index contributed by atoms with van der Waals surface area (Å²) < 4.78 is 5.12. The van der Waals surface area contributed by atoms with Crippen LogP contribution < -0.4 is 5.32 Å². The van der Waals surface area contributed by atoms with Gasteiger partial charge in [-0.2, -0.15) is 5.26 Å². The molecule has 0 aliphatic heterocycles. The molecule has 0 saturated heterocycles. The molecule has 0 aliphatic carbocycles. The van der Waals surface area contributed by atoms with Crippen molar-refractivity contribution in [3.63, 3.8) is 0 Å². The SMILES string of the molecule is CCCCCOC(=O)c1ccc(NC(=O)CC#N)cc1. The molecule has 0 aliphatic rings. The van der Waals surface area contributed by atoms with Crippen molar-refractivity contribution in [2.75, 3.05) is 11.9 Å². The molecule has 0 fully saturated rings. The van der Waals surface area contributed by atoms with E-state index in [-0.39, 0.29) is 18.3 Å². The molecule has 0 aromatic heterocycles. The van der Waals surface area contributed by atoms with E-state index in [1.54, 1.807) is 30.3 Å². The topological polar surface area (TPSA) is 79.2 Å². The minimum Gasteiger partial charge on any atom is -0.462 e. The summed E-state index contributed by atoms with van der Waals surface area (Å²) in [6, 6.07) is 8.16. The Morgan fingerprint density at radius 1 is 1.25 bits per heavy atom. The third-order valence-corrected chi connectivity index (χ3v) is 2.63. The largest absolute Gasteiger partial charge is 0.462 e. The molecule has 0 heterocycles. The zero-order valence-electron chi connectivity index (χ0n) is 11.5. The molecular formula is C15H18N2O3. The van der Waals surface area contributed by atoms with E-state index in [1.165, 1.54) is 0 Å². The van der Waals surface area contributed by atoms with E-state index in [0.29, 0.717) is 17.9 Å². The number of nitriles is 1. The van der Waals surface area contributed by atoms with Gasteiger partial charge in [-0.15, -0.1) is 0 Å². The van der Waals surface area contributed by atoms with Gasteiger partial charge < -0.3 is 10.1 Å². The van der Waals surface area contributed by atoms with Gasteiger partial charge >= 0.3 is 5.97 Å². The second kappa shape index (κ2) is 8.70. The quantitative estimate of drug-likeness (QED) is 0.612. The van der Waals surface area contributed by atoms with Crippen LogP contribution in [0.5, 0.6) is 0 Å². The Labute approximate surface area is 118 Å². The molecule has 0 spiro atoms. The lowest BCUT2D eigenvalue weighted by molar-refractivity contribution is -0.115. The predicted molar refractivity (Wildman–Crippen MR) is 75.1 cm³/mol. The zero-order valence-corrected chi connectivity index (χ0v) is 11.5. The van der Waals surface area contributed by atoms with E-state index in [1.807, 2.05) is 0 Å². The number of nitrogens with one attached hydrogen (secondary N) is 1. The number of carbonyl (C=O) groups excluding carboxylic acids is 2. The minimum atomic E-state index is -0.373. The molecule has 1 N–H and O–H groups in total. The summed E-state index contributed by atoms with van der Waals surface area (Å²) in [4.78, 5) is 22.9. The molecule has 0 unspecified atom stereocenters. The molecule has 1 rings (SSSR count). The molecule has 0 radical (unpaired) electrons. The fourth-order valence-electron chi connectivity index (χ4n) is 1.57. The Morgan fingerprint density at radius 2 is 1.95 bits per heavy atom. The van der Waals surface area contributed by atoms with Crippen LogP contribution in [0.4, 0.5) is 5.69 Å². The van der Waals surface area contributed by atoms with Gasteiger partial charge in [-0.3, -0.25) is 4.79 Å². The van der Waals surface area contributed by atoms with E-state index in [9.17, 15) is 9.59 Å². The highest BCUT2D eigenvalue weighted by molar-refractivity contribution is 5.93. The van der Waals surface area contributed by atoms with Crippen LogP contribution in [0.1, 0.15) is 43.0 Å². The van der Waals surface area contributed by atoms with Crippen LogP contribution in [0.2, 0.25) is 0 Å². The lowest BCUT2D eigenvalue weighted by atomic mass is 10.2. The van der Waals surface area contributed by atoms with Gasteiger partial charge in [0.15, 0.2) is 0 Å². The van der Waals surface area contributed by atoms with Crippen LogP contribution in [0.3, 0.4) is 0 Å². The smallest absolute Gasteiger partial charge is 0.338 e. The van der Waals surface area contributed by atoms with Crippen molar-refractivity contribution in [3.05, 3.63) is 29.8 Å². The third-order valence-electron chi connectivity index (χ3n) is 2.63. The first-order valence-corrected chi connectivity index (χ1v) is 6.61. The van der Waals surface area contributed by atoms with Crippen molar-refractivity contribution in [3.8, 4) is 6.07 Å². The highest BCUT2D eigenvalue weighted by Gasteiger charge is 2.07. The van der Waals surface area contributed by atoms with Crippen LogP contribution in [0.15, 0.2) is 24.3 Å². The lowest BCUT2D eigenvalue weighted by Crippen LogP contribution is -2.10. The summed E-state index contributed by atoms with van der Waals surface area (Å²) in [5, 5.41) is 10.9. The number of rotatable bonds is 7. The average molecular weight is 274 g/mol. The molecule has 5 heteroatoms. The third kappa shape index (κ3) is 5.53. The summed E-state index contributed by atoms with van der Waals surface area (Å²) >= 11 is 0. The molecule has 5 nitrogen and oxygen atoms in total. The van der Waals surface area contributed by atoms with Crippen molar-refractivity contribution in [1.29, 1.82) is 5.26 Å². The normalized spacial score (nSPS) is 9.60. The number of benzene rings is 1. The van der Waals surface area contributed by atoms with Crippen LogP contribution in [-0.2, 0) is 9.53 Å². The Morgan fingerprint density at radius 3 is 2.55 bits per heavy atom. The zero-order chi connectivity index (χ0) is 14.8. The van der Waals surface area contributed by atoms with Crippen molar-refractivity contribution >= 4 is 17.6 Å². The number of nitrogens with zero attached hydrogens (tertiary/aromatic N) is 1. The number of carbonyl (C=O) groups is 2. The molecule has 1 aromatic rings. The van der Waals surface area contributed by atoms with E-state index < -0.39 is 0 Å². The Balaban J connectivity index is 2.47. The number of hydrogen-bond acceptors (Lipinski definition) is 4. The van der Waals surface area contributed by atoms with Gasteiger partial charge in [0.25, 0.3) is 0 Å². The fourth-order valence-corrected chi connectivity index (χ4v) is 1.57. The fraction of sp³-hybridized carbons (Fsp3) is 0.400. The summed E-state index contributed by atoms with van der Waals surface area (Å²) in [5.74, 6) is -0.738. The minimum absolute atomic E-state index is 0.193. The maximum atomic E-state index is 11.7. The van der Waals surface area contributed by atoms with E-state index in [2.05, 4.69) is 12.2 Å². The van der Waals surface area contributed by atoms with Crippen molar-refractivity contribution in [1.82, 2.24) is 0 Å². The van der Waals surface area contributed by atoms with Crippen molar-refractivity contribution < 1.29 is 14.3 Å². The maximum absolute atomic E-state index is 11.7. The lowest BCUT2D eigenvalue weighted by Gasteiger charge is -2.06. The number of esters is 1. The number of anilines is 1. The number of hydrogen-bond donors (Lipinski definition) is 1. The molecule has 1 amide bonds. The Kier molecular flexibility index (Phi) is 6.83. The molecule has 0 atom stereocenters. The number of ether oxygens (including phenoxy) is 1. The summed E-state index contributed by atoms with van der Waals surface area (Å²) in [5.41, 5.74) is 0.993. The average Bonchev–Trinajstić information content (AvgIpc) is 2.44. The first kappa shape index (κ1) is 15.7. The van der Waals surface area contributed by atoms with Gasteiger partial charge in [0, 0.05) is 5.69 Å². The van der Waals surface area contributed by atoms with Crippen LogP contribution >= 0.6 is 0 Å². The maximum Gasteiger partial charge on any atom is 0.338 e. The molecule has 20 heavy (non-hydrogen) atoms. The molecule has 0 bridgehead atoms. The second-order valence-electron chi connectivity index (χ2n) is 4.30. The number of amides is 1. The monoisotopic (exact) mass is 274 g/mol. The van der Waals surface area contributed by atoms with Crippen LogP contribution in [0, 0.1) is 11.3 Å². The van der Waals surface area contributed by atoms with Gasteiger partial charge in [-0.1, -0.05) is 19.8 Å². The van der Waals surface area contributed by atoms with Gasteiger partial charge in [-0.25, -0.2) is 4.79 Å². The van der Waals surface area contributed by atoms with E-state index in [0.717, 1.165) is 19.3 Å². The van der Waals surface area contributed by atoms with E-state index in [4.69, 9.17) is 10.00 Å². The first-order valence-electron chi connectivity index (χ1n) is 6.61. The molecule has 1 aromatic carbocycles. The van der Waals surface area contributed by atoms with Gasteiger partial charge in [0.05, 0.1) is 18.2 Å². The summed E-state index contributed by atoms with van der Waals surface area (Å²) in [7, 11) is 0. The molecular weight excluding hydrogens is 256 g/mol. The standard InChI is InChI=1S/C15H18N2O3/c1-2-3-4-11-20-15(19)12-5-7-13(8-6-12)17-14(18)9-10-16/h5-8H,2-4,9,11H2,1H3,(H,17,18). The van der Waals surface area contributed by atoms with Crippen LogP contribution in [-0.4, -0.2) is 18.5 Å². The van der Waals surface area contributed by atoms with Crippen molar-refractivity contribution in [2.45, 2.75) is 32.6 Å². The van der Waals surface area contributed by atoms with Gasteiger partial charge in [0.1, 0.15) is 6.42 Å². The second-order valence-corrected chi connectivity index (χ2v) is 4.30. The van der Waals surface area contributed by atoms with Crippen molar-refractivity contribution in [2.24, 2.45) is 0 Å². The van der Waals surface area contributed by atoms with Gasteiger partial charge in [0.2, 0.25) is 5.91 Å². The first-order chi connectivity index (χ1) is 9.67.